The van der Waals surface area contributed by atoms with E-state index in [2.05, 4.69) is 17.4 Å². The molecule has 0 fully saturated rings. The van der Waals surface area contributed by atoms with E-state index in [0.717, 1.165) is 36.3 Å². The zero-order valence-corrected chi connectivity index (χ0v) is 15.5. The lowest BCUT2D eigenvalue weighted by atomic mass is 9.98. The normalized spacial score (nSPS) is 12.4. The van der Waals surface area contributed by atoms with E-state index in [9.17, 15) is 13.2 Å². The Morgan fingerprint density at radius 2 is 1.50 bits per heavy atom. The molecule has 28 heavy (non-hydrogen) atoms. The predicted molar refractivity (Wildman–Crippen MR) is 106 cm³/mol. The third kappa shape index (κ3) is 5.28. The van der Waals surface area contributed by atoms with Crippen molar-refractivity contribution in [2.45, 2.75) is 25.1 Å². The fourth-order valence-corrected chi connectivity index (χ4v) is 3.07. The van der Waals surface area contributed by atoms with E-state index >= 15 is 0 Å². The number of hydrogen-bond donors (Lipinski definition) is 1. The molecule has 0 aliphatic carbocycles. The molecule has 0 saturated heterocycles. The van der Waals surface area contributed by atoms with Crippen LogP contribution in [0.3, 0.4) is 0 Å². The van der Waals surface area contributed by atoms with Gasteiger partial charge in [0.2, 0.25) is 0 Å². The molecule has 0 amide bonds. The van der Waals surface area contributed by atoms with Crippen molar-refractivity contribution >= 4 is 5.69 Å². The molecular weight excluding hydrogens is 363 g/mol. The molecule has 3 aromatic rings. The smallest absolute Gasteiger partial charge is 0.416 e. The molecule has 1 atom stereocenters. The SMILES string of the molecule is COc1ccc(C(CCc2ccccc2)Nc2ccc(C(F)(F)F)cc2)cc1. The van der Waals surface area contributed by atoms with Gasteiger partial charge in [0.15, 0.2) is 0 Å². The number of halogens is 3. The third-order valence-corrected chi connectivity index (χ3v) is 4.64. The minimum atomic E-state index is -4.33. The monoisotopic (exact) mass is 385 g/mol. The number of anilines is 1. The van der Waals surface area contributed by atoms with Gasteiger partial charge in [-0.25, -0.2) is 0 Å². The molecule has 0 heterocycles. The number of rotatable bonds is 7. The van der Waals surface area contributed by atoms with Gasteiger partial charge in [0.25, 0.3) is 0 Å². The van der Waals surface area contributed by atoms with Crippen molar-refractivity contribution in [3.05, 3.63) is 95.6 Å². The van der Waals surface area contributed by atoms with Gasteiger partial charge < -0.3 is 10.1 Å². The van der Waals surface area contributed by atoms with Gasteiger partial charge in [0, 0.05) is 5.69 Å². The Morgan fingerprint density at radius 3 is 2.07 bits per heavy atom. The Hall–Kier alpha value is -2.95. The van der Waals surface area contributed by atoms with E-state index in [1.165, 1.54) is 17.7 Å². The first kappa shape index (κ1) is 19.8. The minimum Gasteiger partial charge on any atom is -0.497 e. The summed E-state index contributed by atoms with van der Waals surface area (Å²) in [6.45, 7) is 0. The molecule has 146 valence electrons. The zero-order valence-electron chi connectivity index (χ0n) is 15.5. The summed E-state index contributed by atoms with van der Waals surface area (Å²) in [4.78, 5) is 0. The molecular formula is C23H22F3NO. The van der Waals surface area contributed by atoms with Crippen LogP contribution in [-0.4, -0.2) is 7.11 Å². The summed E-state index contributed by atoms with van der Waals surface area (Å²) in [5, 5.41) is 3.37. The van der Waals surface area contributed by atoms with Crippen LogP contribution >= 0.6 is 0 Å². The number of aryl methyl sites for hydroxylation is 1. The summed E-state index contributed by atoms with van der Waals surface area (Å²) < 4.78 is 43.6. The lowest BCUT2D eigenvalue weighted by molar-refractivity contribution is -0.137. The van der Waals surface area contributed by atoms with E-state index in [-0.39, 0.29) is 6.04 Å². The van der Waals surface area contributed by atoms with Crippen molar-refractivity contribution < 1.29 is 17.9 Å². The van der Waals surface area contributed by atoms with Crippen LogP contribution in [0.5, 0.6) is 5.75 Å². The molecule has 0 radical (unpaired) electrons. The summed E-state index contributed by atoms with van der Waals surface area (Å²) in [5.41, 5.74) is 2.28. The van der Waals surface area contributed by atoms with Crippen LogP contribution in [0.1, 0.15) is 29.2 Å². The molecule has 0 aliphatic heterocycles. The van der Waals surface area contributed by atoms with Gasteiger partial charge in [-0.2, -0.15) is 13.2 Å². The molecule has 0 bridgehead atoms. The Bertz CT molecular complexity index is 859. The molecule has 2 nitrogen and oxygen atoms in total. The molecule has 1 unspecified atom stereocenters. The average Bonchev–Trinajstić information content (AvgIpc) is 2.71. The third-order valence-electron chi connectivity index (χ3n) is 4.64. The Morgan fingerprint density at radius 1 is 0.857 bits per heavy atom. The van der Waals surface area contributed by atoms with Crippen LogP contribution in [0.2, 0.25) is 0 Å². The maximum atomic E-state index is 12.8. The summed E-state index contributed by atoms with van der Waals surface area (Å²) in [7, 11) is 1.61. The quantitative estimate of drug-likeness (QED) is 0.501. The Labute approximate surface area is 163 Å². The maximum absolute atomic E-state index is 12.8. The van der Waals surface area contributed by atoms with Crippen molar-refractivity contribution in [2.24, 2.45) is 0 Å². The summed E-state index contributed by atoms with van der Waals surface area (Å²) in [6, 6.07) is 23.0. The van der Waals surface area contributed by atoms with E-state index < -0.39 is 11.7 Å². The van der Waals surface area contributed by atoms with Gasteiger partial charge in [0.1, 0.15) is 5.75 Å². The highest BCUT2D eigenvalue weighted by molar-refractivity contribution is 5.47. The Kier molecular flexibility index (Phi) is 6.24. The van der Waals surface area contributed by atoms with Crippen LogP contribution in [0, 0.1) is 0 Å². The minimum absolute atomic E-state index is 0.0390. The number of nitrogens with one attached hydrogen (secondary N) is 1. The first-order chi connectivity index (χ1) is 13.5. The number of ether oxygens (including phenoxy) is 1. The first-order valence-corrected chi connectivity index (χ1v) is 9.07. The van der Waals surface area contributed by atoms with Crippen LogP contribution in [0.15, 0.2) is 78.9 Å². The van der Waals surface area contributed by atoms with Crippen molar-refractivity contribution in [3.8, 4) is 5.75 Å². The molecule has 3 rings (SSSR count). The standard InChI is InChI=1S/C23H22F3NO/c1-28-21-14-8-18(9-15-21)22(16-7-17-5-3-2-4-6-17)27-20-12-10-19(11-13-20)23(24,25)26/h2-6,8-15,22,27H,7,16H2,1H3. The van der Waals surface area contributed by atoms with Crippen molar-refractivity contribution in [1.29, 1.82) is 0 Å². The molecule has 0 aromatic heterocycles. The van der Waals surface area contributed by atoms with Crippen molar-refractivity contribution in [3.63, 3.8) is 0 Å². The molecule has 1 N–H and O–H groups in total. The van der Waals surface area contributed by atoms with E-state index in [1.807, 2.05) is 42.5 Å². The van der Waals surface area contributed by atoms with E-state index in [4.69, 9.17) is 4.74 Å². The van der Waals surface area contributed by atoms with Gasteiger partial charge in [-0.1, -0.05) is 42.5 Å². The lowest BCUT2D eigenvalue weighted by Gasteiger charge is -2.21. The largest absolute Gasteiger partial charge is 0.497 e. The number of benzene rings is 3. The first-order valence-electron chi connectivity index (χ1n) is 9.07. The highest BCUT2D eigenvalue weighted by Gasteiger charge is 2.30. The molecule has 5 heteroatoms. The Balaban J connectivity index is 1.78. The summed E-state index contributed by atoms with van der Waals surface area (Å²) in [6.07, 6.45) is -2.68. The molecule has 0 spiro atoms. The fourth-order valence-electron chi connectivity index (χ4n) is 3.07. The molecule has 0 saturated carbocycles. The van der Waals surface area contributed by atoms with Gasteiger partial charge in [-0.05, 0) is 60.4 Å². The van der Waals surface area contributed by atoms with E-state index in [1.54, 1.807) is 7.11 Å². The average molecular weight is 385 g/mol. The number of methoxy groups -OCH3 is 1. The van der Waals surface area contributed by atoms with Crippen molar-refractivity contribution in [1.82, 2.24) is 0 Å². The van der Waals surface area contributed by atoms with Gasteiger partial charge in [-0.3, -0.25) is 0 Å². The number of alkyl halides is 3. The second-order valence-electron chi connectivity index (χ2n) is 6.57. The predicted octanol–water partition coefficient (Wildman–Crippen LogP) is 6.50. The van der Waals surface area contributed by atoms with Crippen molar-refractivity contribution in [2.75, 3.05) is 12.4 Å². The summed E-state index contributed by atoms with van der Waals surface area (Å²) in [5.74, 6) is 0.764. The maximum Gasteiger partial charge on any atom is 0.416 e. The van der Waals surface area contributed by atoms with Crippen LogP contribution < -0.4 is 10.1 Å². The fraction of sp³-hybridized carbons (Fsp3) is 0.217. The highest BCUT2D eigenvalue weighted by atomic mass is 19.4. The summed E-state index contributed by atoms with van der Waals surface area (Å²) >= 11 is 0. The van der Waals surface area contributed by atoms with Crippen LogP contribution in [0.25, 0.3) is 0 Å². The second-order valence-corrected chi connectivity index (χ2v) is 6.57. The van der Waals surface area contributed by atoms with Gasteiger partial charge >= 0.3 is 6.18 Å². The molecule has 0 aliphatic rings. The van der Waals surface area contributed by atoms with E-state index in [0.29, 0.717) is 5.69 Å². The van der Waals surface area contributed by atoms with Gasteiger partial charge in [-0.15, -0.1) is 0 Å². The van der Waals surface area contributed by atoms with Gasteiger partial charge in [0.05, 0.1) is 18.7 Å². The zero-order chi connectivity index (χ0) is 20.0. The number of hydrogen-bond acceptors (Lipinski definition) is 2. The highest BCUT2D eigenvalue weighted by Crippen LogP contribution is 2.31. The second kappa shape index (κ2) is 8.83. The van der Waals surface area contributed by atoms with Crippen LogP contribution in [0.4, 0.5) is 18.9 Å². The topological polar surface area (TPSA) is 21.3 Å². The van der Waals surface area contributed by atoms with Crippen LogP contribution in [-0.2, 0) is 12.6 Å². The lowest BCUT2D eigenvalue weighted by Crippen LogP contribution is -2.12. The molecule has 3 aromatic carbocycles.